The lowest BCUT2D eigenvalue weighted by molar-refractivity contribution is -0.116. The number of anilines is 2. The molecule has 0 atom stereocenters. The molecule has 0 aliphatic rings. The van der Waals surface area contributed by atoms with Crippen LogP contribution in [-0.2, 0) is 14.8 Å². The molecule has 0 aliphatic heterocycles. The summed E-state index contributed by atoms with van der Waals surface area (Å²) < 4.78 is 37.6. The second-order valence-corrected chi connectivity index (χ2v) is 9.16. The van der Waals surface area contributed by atoms with Gasteiger partial charge in [0.05, 0.1) is 25.2 Å². The Morgan fingerprint density at radius 1 is 1.06 bits per heavy atom. The molecule has 0 heterocycles. The minimum Gasteiger partial charge on any atom is -0.493 e. The largest absolute Gasteiger partial charge is 0.493 e. The van der Waals surface area contributed by atoms with E-state index < -0.39 is 10.0 Å². The molecule has 1 amide bonds. The maximum atomic E-state index is 12.4. The van der Waals surface area contributed by atoms with Gasteiger partial charge in [0.1, 0.15) is 0 Å². The molecule has 0 aromatic heterocycles. The van der Waals surface area contributed by atoms with Crippen LogP contribution in [0.4, 0.5) is 11.4 Å². The smallest absolute Gasteiger partial charge is 0.232 e. The van der Waals surface area contributed by atoms with Crippen LogP contribution in [0.5, 0.6) is 11.5 Å². The number of nitrogens with one attached hydrogen (secondary N) is 2. The van der Waals surface area contributed by atoms with Crippen molar-refractivity contribution in [1.29, 1.82) is 0 Å². The summed E-state index contributed by atoms with van der Waals surface area (Å²) >= 11 is 0. The first-order valence-electron chi connectivity index (χ1n) is 10.4. The van der Waals surface area contributed by atoms with Gasteiger partial charge in [0.25, 0.3) is 0 Å². The van der Waals surface area contributed by atoms with Gasteiger partial charge in [-0.2, -0.15) is 0 Å². The van der Waals surface area contributed by atoms with Crippen molar-refractivity contribution in [2.24, 2.45) is 0 Å². The summed E-state index contributed by atoms with van der Waals surface area (Å²) in [6.45, 7) is 5.31. The van der Waals surface area contributed by atoms with Crippen molar-refractivity contribution in [2.75, 3.05) is 29.5 Å². The molecule has 0 radical (unpaired) electrons. The van der Waals surface area contributed by atoms with Crippen molar-refractivity contribution in [2.45, 2.75) is 40.0 Å². The van der Waals surface area contributed by atoms with Gasteiger partial charge in [0, 0.05) is 17.7 Å². The van der Waals surface area contributed by atoms with E-state index in [1.807, 2.05) is 0 Å². The number of sulfonamides is 1. The highest BCUT2D eigenvalue weighted by Gasteiger charge is 2.14. The average Bonchev–Trinajstić information content (AvgIpc) is 2.73. The number of benzene rings is 2. The zero-order chi connectivity index (χ0) is 23.7. The molecule has 2 aromatic carbocycles. The lowest BCUT2D eigenvalue weighted by atomic mass is 10.1. The van der Waals surface area contributed by atoms with Gasteiger partial charge in [-0.05, 0) is 62.6 Å². The van der Waals surface area contributed by atoms with Crippen LogP contribution in [0, 0.1) is 6.92 Å². The monoisotopic (exact) mass is 462 g/mol. The molecular weight excluding hydrogens is 432 g/mol. The molecule has 0 bridgehead atoms. The Hall–Kier alpha value is -3.07. The Labute approximate surface area is 189 Å². The number of methoxy groups -OCH3 is 1. The summed E-state index contributed by atoms with van der Waals surface area (Å²) in [5, 5.41) is 2.82. The number of Topliss-reactive ketones (excluding diaryl/α,β-unsaturated/α-hetero) is 1. The SMILES string of the molecule is CCCS(=O)(=O)Nc1cccc(NC(=O)CCCOc2ccc(C(C)=O)cc2OC)c1C. The molecule has 2 aromatic rings. The van der Waals surface area contributed by atoms with Crippen molar-refractivity contribution in [1.82, 2.24) is 0 Å². The molecular formula is C23H30N2O6S. The number of carbonyl (C=O) groups is 2. The Bertz CT molecular complexity index is 1070. The third-order valence-corrected chi connectivity index (χ3v) is 6.20. The summed E-state index contributed by atoms with van der Waals surface area (Å²) in [7, 11) is -1.92. The third-order valence-electron chi connectivity index (χ3n) is 4.72. The van der Waals surface area contributed by atoms with Gasteiger partial charge >= 0.3 is 0 Å². The first kappa shape index (κ1) is 25.2. The van der Waals surface area contributed by atoms with Crippen molar-refractivity contribution in [3.63, 3.8) is 0 Å². The second kappa shape index (κ2) is 11.5. The van der Waals surface area contributed by atoms with Crippen LogP contribution >= 0.6 is 0 Å². The van der Waals surface area contributed by atoms with Crippen LogP contribution in [0.1, 0.15) is 49.0 Å². The van der Waals surface area contributed by atoms with E-state index in [-0.39, 0.29) is 23.9 Å². The Morgan fingerprint density at radius 3 is 2.44 bits per heavy atom. The van der Waals surface area contributed by atoms with Gasteiger partial charge in [-0.3, -0.25) is 14.3 Å². The Balaban J connectivity index is 1.90. The van der Waals surface area contributed by atoms with Crippen molar-refractivity contribution in [3.8, 4) is 11.5 Å². The molecule has 9 heteroatoms. The zero-order valence-corrected chi connectivity index (χ0v) is 19.7. The van der Waals surface area contributed by atoms with E-state index in [9.17, 15) is 18.0 Å². The lowest BCUT2D eigenvalue weighted by Crippen LogP contribution is -2.18. The van der Waals surface area contributed by atoms with Crippen LogP contribution in [-0.4, -0.2) is 39.6 Å². The van der Waals surface area contributed by atoms with Crippen LogP contribution in [0.25, 0.3) is 0 Å². The molecule has 32 heavy (non-hydrogen) atoms. The molecule has 0 spiro atoms. The second-order valence-electron chi connectivity index (χ2n) is 7.32. The number of rotatable bonds is 12. The number of ketones is 1. The highest BCUT2D eigenvalue weighted by Crippen LogP contribution is 2.28. The van der Waals surface area contributed by atoms with Gasteiger partial charge in [0.2, 0.25) is 15.9 Å². The molecule has 0 unspecified atom stereocenters. The summed E-state index contributed by atoms with van der Waals surface area (Å²) in [5.41, 5.74) is 2.17. The van der Waals surface area contributed by atoms with Gasteiger partial charge in [0.15, 0.2) is 17.3 Å². The van der Waals surface area contributed by atoms with E-state index in [1.165, 1.54) is 14.0 Å². The van der Waals surface area contributed by atoms with Gasteiger partial charge in [-0.25, -0.2) is 8.42 Å². The van der Waals surface area contributed by atoms with E-state index in [1.54, 1.807) is 50.2 Å². The van der Waals surface area contributed by atoms with E-state index in [0.29, 0.717) is 53.4 Å². The topological polar surface area (TPSA) is 111 Å². The lowest BCUT2D eigenvalue weighted by Gasteiger charge is -2.14. The van der Waals surface area contributed by atoms with Gasteiger partial charge in [-0.1, -0.05) is 13.0 Å². The van der Waals surface area contributed by atoms with Crippen LogP contribution in [0.2, 0.25) is 0 Å². The Morgan fingerprint density at radius 2 is 1.78 bits per heavy atom. The molecule has 0 fully saturated rings. The number of ether oxygens (including phenoxy) is 2. The molecule has 0 saturated carbocycles. The fourth-order valence-corrected chi connectivity index (χ4v) is 4.20. The third kappa shape index (κ3) is 7.26. The van der Waals surface area contributed by atoms with E-state index in [4.69, 9.17) is 9.47 Å². The first-order valence-corrected chi connectivity index (χ1v) is 12.0. The van der Waals surface area contributed by atoms with Crippen LogP contribution in [0.15, 0.2) is 36.4 Å². The van der Waals surface area contributed by atoms with Gasteiger partial charge < -0.3 is 14.8 Å². The summed E-state index contributed by atoms with van der Waals surface area (Å²) in [4.78, 5) is 23.8. The number of amides is 1. The zero-order valence-electron chi connectivity index (χ0n) is 18.9. The predicted octanol–water partition coefficient (Wildman–Crippen LogP) is 4.16. The standard InChI is InChI=1S/C23H30N2O6S/c1-5-14-32(28,29)25-20-9-6-8-19(16(20)2)24-23(27)10-7-13-31-21-12-11-18(17(3)26)15-22(21)30-4/h6,8-9,11-12,15,25H,5,7,10,13-14H2,1-4H3,(H,24,27). The Kier molecular flexibility index (Phi) is 9.07. The maximum absolute atomic E-state index is 12.4. The fraction of sp³-hybridized carbons (Fsp3) is 0.391. The summed E-state index contributed by atoms with van der Waals surface area (Å²) in [6, 6.07) is 10.0. The van der Waals surface area contributed by atoms with E-state index in [0.717, 1.165) is 0 Å². The van der Waals surface area contributed by atoms with Crippen molar-refractivity contribution < 1.29 is 27.5 Å². The highest BCUT2D eigenvalue weighted by atomic mass is 32.2. The summed E-state index contributed by atoms with van der Waals surface area (Å²) in [6.07, 6.45) is 1.20. The quantitative estimate of drug-likeness (QED) is 0.362. The summed E-state index contributed by atoms with van der Waals surface area (Å²) in [5.74, 6) is 0.722. The first-order chi connectivity index (χ1) is 15.2. The average molecular weight is 463 g/mol. The molecule has 0 aliphatic carbocycles. The molecule has 0 saturated heterocycles. The molecule has 2 N–H and O–H groups in total. The van der Waals surface area contributed by atoms with E-state index in [2.05, 4.69) is 10.0 Å². The maximum Gasteiger partial charge on any atom is 0.232 e. The minimum atomic E-state index is -3.42. The number of hydrogen-bond acceptors (Lipinski definition) is 6. The highest BCUT2D eigenvalue weighted by molar-refractivity contribution is 7.92. The van der Waals surface area contributed by atoms with Crippen molar-refractivity contribution >= 4 is 33.1 Å². The van der Waals surface area contributed by atoms with Crippen LogP contribution in [0.3, 0.4) is 0 Å². The van der Waals surface area contributed by atoms with Gasteiger partial charge in [-0.15, -0.1) is 0 Å². The van der Waals surface area contributed by atoms with Crippen LogP contribution < -0.4 is 19.5 Å². The minimum absolute atomic E-state index is 0.0330. The fourth-order valence-electron chi connectivity index (χ4n) is 3.00. The number of hydrogen-bond donors (Lipinski definition) is 2. The molecule has 174 valence electrons. The number of carbonyl (C=O) groups excluding carboxylic acids is 2. The van der Waals surface area contributed by atoms with E-state index >= 15 is 0 Å². The molecule has 8 nitrogen and oxygen atoms in total. The normalized spacial score (nSPS) is 11.0. The predicted molar refractivity (Wildman–Crippen MR) is 125 cm³/mol. The molecule has 2 rings (SSSR count). The van der Waals surface area contributed by atoms with Crippen molar-refractivity contribution in [3.05, 3.63) is 47.5 Å².